The zero-order valence-corrected chi connectivity index (χ0v) is 15.9. The number of rotatable bonds is 9. The second-order valence-corrected chi connectivity index (χ2v) is 6.82. The van der Waals surface area contributed by atoms with Gasteiger partial charge in [0.1, 0.15) is 9.88 Å². The van der Waals surface area contributed by atoms with Crippen LogP contribution in [0.3, 0.4) is 0 Å². The smallest absolute Gasteiger partial charge is 0.347 e. The maximum atomic E-state index is 11.3. The molecule has 0 amide bonds. The molecular formula is C18H24N2O4S. The van der Waals surface area contributed by atoms with E-state index in [1.54, 1.807) is 7.11 Å². The summed E-state index contributed by atoms with van der Waals surface area (Å²) in [6, 6.07) is 5.55. The summed E-state index contributed by atoms with van der Waals surface area (Å²) in [5, 5.41) is 9.98. The second-order valence-electron chi connectivity index (χ2n) is 5.82. The van der Waals surface area contributed by atoms with Gasteiger partial charge in [0.05, 0.1) is 19.4 Å². The highest BCUT2D eigenvalue weighted by atomic mass is 32.1. The van der Waals surface area contributed by atoms with Crippen LogP contribution in [0.1, 0.15) is 28.7 Å². The fourth-order valence-electron chi connectivity index (χ4n) is 2.37. The van der Waals surface area contributed by atoms with Crippen molar-refractivity contribution in [3.63, 3.8) is 0 Å². The highest BCUT2D eigenvalue weighted by Gasteiger charge is 2.18. The molecule has 0 saturated heterocycles. The molecule has 1 N–H and O–H groups in total. The van der Waals surface area contributed by atoms with Crippen LogP contribution in [0.2, 0.25) is 0 Å². The zero-order chi connectivity index (χ0) is 18.4. The van der Waals surface area contributed by atoms with Crippen LogP contribution in [0.15, 0.2) is 18.2 Å². The molecule has 2 rings (SSSR count). The summed E-state index contributed by atoms with van der Waals surface area (Å²) in [4.78, 5) is 18.2. The fraction of sp³-hybridized carbons (Fsp3) is 0.444. The molecule has 136 valence electrons. The van der Waals surface area contributed by atoms with Crippen molar-refractivity contribution in [3.05, 3.63) is 28.8 Å². The number of aryl methyl sites for hydroxylation is 1. The van der Waals surface area contributed by atoms with E-state index in [1.807, 2.05) is 39.2 Å². The number of hydrogen-bond acceptors (Lipinski definition) is 6. The average Bonchev–Trinajstić information content (AvgIpc) is 3.03. The molecule has 0 aliphatic heterocycles. The lowest BCUT2D eigenvalue weighted by atomic mass is 10.2. The molecular weight excluding hydrogens is 340 g/mol. The average molecular weight is 364 g/mol. The van der Waals surface area contributed by atoms with Gasteiger partial charge in [-0.2, -0.15) is 0 Å². The van der Waals surface area contributed by atoms with Crippen molar-refractivity contribution < 1.29 is 19.4 Å². The Morgan fingerprint density at radius 2 is 2.08 bits per heavy atom. The molecule has 7 heteroatoms. The number of carbonyl (C=O) groups is 1. The summed E-state index contributed by atoms with van der Waals surface area (Å²) in [6.45, 7) is 3.42. The van der Waals surface area contributed by atoms with Gasteiger partial charge in [0.15, 0.2) is 11.5 Å². The van der Waals surface area contributed by atoms with Gasteiger partial charge in [-0.05, 0) is 45.1 Å². The van der Waals surface area contributed by atoms with Gasteiger partial charge in [0, 0.05) is 12.1 Å². The highest BCUT2D eigenvalue weighted by molar-refractivity contribution is 7.17. The largest absolute Gasteiger partial charge is 0.493 e. The fourth-order valence-corrected chi connectivity index (χ4v) is 3.36. The first-order valence-electron chi connectivity index (χ1n) is 8.15. The molecule has 0 aliphatic rings. The number of benzene rings is 1. The van der Waals surface area contributed by atoms with Gasteiger partial charge in [0.2, 0.25) is 0 Å². The van der Waals surface area contributed by atoms with Crippen molar-refractivity contribution in [2.75, 3.05) is 34.4 Å². The highest BCUT2D eigenvalue weighted by Crippen LogP contribution is 2.35. The first kappa shape index (κ1) is 19.2. The van der Waals surface area contributed by atoms with Crippen molar-refractivity contribution in [1.82, 2.24) is 9.88 Å². The molecule has 0 saturated carbocycles. The maximum absolute atomic E-state index is 11.3. The summed E-state index contributed by atoms with van der Waals surface area (Å²) < 4.78 is 11.2. The van der Waals surface area contributed by atoms with E-state index < -0.39 is 5.97 Å². The minimum Gasteiger partial charge on any atom is -0.493 e. The molecule has 0 spiro atoms. The van der Waals surface area contributed by atoms with E-state index in [1.165, 1.54) is 11.3 Å². The van der Waals surface area contributed by atoms with Crippen LogP contribution in [-0.2, 0) is 6.42 Å². The molecule has 0 atom stereocenters. The predicted molar refractivity (Wildman–Crippen MR) is 99.1 cm³/mol. The topological polar surface area (TPSA) is 71.9 Å². The van der Waals surface area contributed by atoms with E-state index in [9.17, 15) is 9.90 Å². The van der Waals surface area contributed by atoms with Crippen molar-refractivity contribution in [3.8, 4) is 22.1 Å². The van der Waals surface area contributed by atoms with Gasteiger partial charge in [-0.3, -0.25) is 0 Å². The molecule has 0 unspecified atom stereocenters. The third kappa shape index (κ3) is 4.93. The monoisotopic (exact) mass is 364 g/mol. The Morgan fingerprint density at radius 1 is 1.32 bits per heavy atom. The normalized spacial score (nSPS) is 10.9. The first-order chi connectivity index (χ1) is 12.0. The first-order valence-corrected chi connectivity index (χ1v) is 8.96. The number of methoxy groups -OCH3 is 1. The summed E-state index contributed by atoms with van der Waals surface area (Å²) in [7, 11) is 5.65. The molecule has 1 aromatic carbocycles. The van der Waals surface area contributed by atoms with Crippen LogP contribution >= 0.6 is 11.3 Å². The van der Waals surface area contributed by atoms with Crippen molar-refractivity contribution in [1.29, 1.82) is 0 Å². The molecule has 0 bridgehead atoms. The Hall–Kier alpha value is -2.12. The van der Waals surface area contributed by atoms with Gasteiger partial charge in [-0.25, -0.2) is 9.78 Å². The van der Waals surface area contributed by atoms with E-state index in [0.717, 1.165) is 18.5 Å². The Labute approximate surface area is 152 Å². The third-order valence-corrected chi connectivity index (χ3v) is 4.78. The van der Waals surface area contributed by atoms with Crippen LogP contribution in [0, 0.1) is 0 Å². The lowest BCUT2D eigenvalue weighted by Crippen LogP contribution is -2.15. The Bertz CT molecular complexity index is 728. The lowest BCUT2D eigenvalue weighted by Gasteiger charge is -2.13. The van der Waals surface area contributed by atoms with Crippen LogP contribution in [0.25, 0.3) is 10.6 Å². The molecule has 0 aliphatic carbocycles. The van der Waals surface area contributed by atoms with E-state index in [2.05, 4.69) is 9.88 Å². The number of ether oxygens (including phenoxy) is 2. The minimum atomic E-state index is -0.936. The number of thiazole rings is 1. The van der Waals surface area contributed by atoms with Crippen molar-refractivity contribution >= 4 is 17.3 Å². The minimum absolute atomic E-state index is 0.293. The number of carboxylic acid groups (broad SMARTS) is 1. The summed E-state index contributed by atoms with van der Waals surface area (Å²) in [6.07, 6.45) is 1.49. The molecule has 6 nitrogen and oxygen atoms in total. The maximum Gasteiger partial charge on any atom is 0.347 e. The van der Waals surface area contributed by atoms with Gasteiger partial charge in [-0.1, -0.05) is 6.92 Å². The Kier molecular flexibility index (Phi) is 6.78. The predicted octanol–water partition coefficient (Wildman–Crippen LogP) is 3.41. The lowest BCUT2D eigenvalue weighted by molar-refractivity contribution is 0.0701. The number of aromatic nitrogens is 1. The quantitative estimate of drug-likeness (QED) is 0.688. The van der Waals surface area contributed by atoms with E-state index in [0.29, 0.717) is 40.1 Å². The standard InChI is InChI=1S/C18H24N2O4S/c1-5-13-16(18(21)22)25-17(19-13)12-7-8-14(23-4)15(11-12)24-10-6-9-20(2)3/h7-8,11H,5-6,9-10H2,1-4H3,(H,21,22). The number of aromatic carboxylic acids is 1. The Morgan fingerprint density at radius 3 is 2.64 bits per heavy atom. The van der Waals surface area contributed by atoms with E-state index >= 15 is 0 Å². The van der Waals surface area contributed by atoms with Gasteiger partial charge < -0.3 is 19.5 Å². The van der Waals surface area contributed by atoms with E-state index in [-0.39, 0.29) is 0 Å². The summed E-state index contributed by atoms with van der Waals surface area (Å²) >= 11 is 1.19. The molecule has 0 radical (unpaired) electrons. The van der Waals surface area contributed by atoms with Crippen LogP contribution in [-0.4, -0.2) is 55.3 Å². The van der Waals surface area contributed by atoms with Crippen LogP contribution in [0.5, 0.6) is 11.5 Å². The van der Waals surface area contributed by atoms with Gasteiger partial charge >= 0.3 is 5.97 Å². The van der Waals surface area contributed by atoms with Crippen LogP contribution in [0.4, 0.5) is 0 Å². The number of nitrogens with zero attached hydrogens (tertiary/aromatic N) is 2. The zero-order valence-electron chi connectivity index (χ0n) is 15.0. The van der Waals surface area contributed by atoms with E-state index in [4.69, 9.17) is 9.47 Å². The molecule has 1 aromatic heterocycles. The van der Waals surface area contributed by atoms with Crippen molar-refractivity contribution in [2.45, 2.75) is 19.8 Å². The second kappa shape index (κ2) is 8.82. The molecule has 1 heterocycles. The Balaban J connectivity index is 2.24. The third-order valence-electron chi connectivity index (χ3n) is 3.64. The SMILES string of the molecule is CCc1nc(-c2ccc(OC)c(OCCCN(C)C)c2)sc1C(=O)O. The number of carboxylic acids is 1. The van der Waals surface area contributed by atoms with Gasteiger partial charge in [0.25, 0.3) is 0 Å². The summed E-state index contributed by atoms with van der Waals surface area (Å²) in [5.74, 6) is 0.359. The number of hydrogen-bond donors (Lipinski definition) is 1. The molecule has 0 fully saturated rings. The molecule has 25 heavy (non-hydrogen) atoms. The molecule has 2 aromatic rings. The van der Waals surface area contributed by atoms with Crippen molar-refractivity contribution in [2.24, 2.45) is 0 Å². The summed E-state index contributed by atoms with van der Waals surface area (Å²) in [5.41, 5.74) is 1.44. The van der Waals surface area contributed by atoms with Gasteiger partial charge in [-0.15, -0.1) is 11.3 Å². The van der Waals surface area contributed by atoms with Crippen LogP contribution < -0.4 is 9.47 Å².